The number of hydrogen-bond donors (Lipinski definition) is 0. The molecule has 14 heavy (non-hydrogen) atoms. The van der Waals surface area contributed by atoms with E-state index in [0.717, 1.165) is 0 Å². The topological polar surface area (TPSA) is 17.1 Å². The molecule has 0 aliphatic carbocycles. The van der Waals surface area contributed by atoms with Gasteiger partial charge in [0, 0.05) is 6.16 Å². The molecule has 5 heteroatoms. The van der Waals surface area contributed by atoms with Crippen LogP contribution in [0.4, 0.5) is 8.78 Å². The lowest BCUT2D eigenvalue weighted by Crippen LogP contribution is -1.95. The van der Waals surface area contributed by atoms with Crippen molar-refractivity contribution in [2.45, 2.75) is 6.16 Å². The van der Waals surface area contributed by atoms with Gasteiger partial charge in [-0.25, -0.2) is 8.78 Å². The summed E-state index contributed by atoms with van der Waals surface area (Å²) in [6.07, 6.45) is 0.0863. The summed E-state index contributed by atoms with van der Waals surface area (Å²) < 4.78 is 37.8. The van der Waals surface area contributed by atoms with Gasteiger partial charge < -0.3 is 4.57 Å². The Hall–Kier alpha value is -0.210. The Labute approximate surface area is 90.0 Å². The molecule has 0 saturated heterocycles. The van der Waals surface area contributed by atoms with Gasteiger partial charge in [-0.05, 0) is 40.9 Å². The highest BCUT2D eigenvalue weighted by atomic mass is 79.9. The monoisotopic (exact) mass is 282 g/mol. The van der Waals surface area contributed by atoms with Crippen molar-refractivity contribution < 1.29 is 13.3 Å². The molecule has 0 amide bonds. The Morgan fingerprint density at radius 1 is 1.29 bits per heavy atom. The zero-order valence-electron chi connectivity index (χ0n) is 7.85. The van der Waals surface area contributed by atoms with Gasteiger partial charge in [-0.2, -0.15) is 0 Å². The van der Waals surface area contributed by atoms with Crippen molar-refractivity contribution in [1.29, 1.82) is 0 Å². The molecular weight excluding hydrogens is 273 g/mol. The summed E-state index contributed by atoms with van der Waals surface area (Å²) >= 11 is 2.88. The molecule has 1 aromatic rings. The van der Waals surface area contributed by atoms with Crippen LogP contribution >= 0.6 is 23.1 Å². The first kappa shape index (κ1) is 11.9. The van der Waals surface area contributed by atoms with Gasteiger partial charge in [0.1, 0.15) is 0 Å². The molecule has 1 rings (SSSR count). The van der Waals surface area contributed by atoms with Gasteiger partial charge >= 0.3 is 0 Å². The van der Waals surface area contributed by atoms with E-state index in [4.69, 9.17) is 0 Å². The van der Waals surface area contributed by atoms with Crippen molar-refractivity contribution in [3.8, 4) is 0 Å². The van der Waals surface area contributed by atoms with Crippen molar-refractivity contribution >= 4 is 23.1 Å². The van der Waals surface area contributed by atoms with Gasteiger partial charge in [-0.3, -0.25) is 0 Å². The van der Waals surface area contributed by atoms with E-state index in [-0.39, 0.29) is 16.2 Å². The van der Waals surface area contributed by atoms with Crippen molar-refractivity contribution in [2.24, 2.45) is 0 Å². The molecule has 1 nitrogen and oxygen atoms in total. The number of benzene rings is 1. The highest BCUT2D eigenvalue weighted by molar-refractivity contribution is 9.10. The lowest BCUT2D eigenvalue weighted by Gasteiger charge is -2.08. The maximum absolute atomic E-state index is 13.3. The zero-order valence-corrected chi connectivity index (χ0v) is 10.3. The Balaban J connectivity index is 3.12. The van der Waals surface area contributed by atoms with Crippen molar-refractivity contribution in [3.63, 3.8) is 0 Å². The van der Waals surface area contributed by atoms with Crippen LogP contribution in [0.15, 0.2) is 16.6 Å². The minimum Gasteiger partial charge on any atom is -0.324 e. The molecule has 0 fully saturated rings. The van der Waals surface area contributed by atoms with E-state index in [2.05, 4.69) is 15.9 Å². The van der Waals surface area contributed by atoms with Crippen molar-refractivity contribution in [1.82, 2.24) is 0 Å². The average Bonchev–Trinajstić information content (AvgIpc) is 2.04. The largest absolute Gasteiger partial charge is 0.324 e. The first-order valence-corrected chi connectivity index (χ1v) is 7.55. The molecule has 0 unspecified atom stereocenters. The fourth-order valence-corrected chi connectivity index (χ4v) is 2.47. The predicted octanol–water partition coefficient (Wildman–Crippen LogP) is 3.85. The fraction of sp³-hybridized carbons (Fsp3) is 0.333. The molecular formula is C9H10BrF2OP. The molecule has 0 spiro atoms. The third-order valence-electron chi connectivity index (χ3n) is 1.67. The summed E-state index contributed by atoms with van der Waals surface area (Å²) in [7, 11) is -2.37. The summed E-state index contributed by atoms with van der Waals surface area (Å²) in [5.41, 5.74) is 0.166. The second-order valence-corrected chi connectivity index (χ2v) is 7.88. The Bertz CT molecular complexity index is 400. The fourth-order valence-electron chi connectivity index (χ4n) is 1.10. The molecule has 0 aliphatic rings. The standard InChI is InChI=1S/C9H10BrF2OP/c1-14(2,13)5-6-3-4-7(10)9(12)8(6)11/h3-4H,5H2,1-2H3. The number of rotatable bonds is 2. The summed E-state index contributed by atoms with van der Waals surface area (Å²) in [6, 6.07) is 2.87. The zero-order chi connectivity index (χ0) is 10.9. The first-order chi connectivity index (χ1) is 6.31. The Kier molecular flexibility index (Phi) is 3.49. The van der Waals surface area contributed by atoms with Crippen LogP contribution in [0.5, 0.6) is 0 Å². The molecule has 1 aromatic carbocycles. The SMILES string of the molecule is CP(C)(=O)Cc1ccc(Br)c(F)c1F. The minimum atomic E-state index is -2.37. The van der Waals surface area contributed by atoms with E-state index in [0.29, 0.717) is 0 Å². The third kappa shape index (κ3) is 2.89. The smallest absolute Gasteiger partial charge is 0.173 e. The second kappa shape index (κ2) is 4.11. The van der Waals surface area contributed by atoms with Crippen LogP contribution in [0, 0.1) is 11.6 Å². The molecule has 0 aromatic heterocycles. The summed E-state index contributed by atoms with van der Waals surface area (Å²) in [4.78, 5) is 0. The molecule has 0 radical (unpaired) electrons. The maximum Gasteiger partial charge on any atom is 0.173 e. The number of halogens is 3. The van der Waals surface area contributed by atoms with Crippen molar-refractivity contribution in [2.75, 3.05) is 13.3 Å². The Morgan fingerprint density at radius 3 is 2.36 bits per heavy atom. The summed E-state index contributed by atoms with van der Waals surface area (Å²) in [6.45, 7) is 3.10. The van der Waals surface area contributed by atoms with Crippen LogP contribution in [0.25, 0.3) is 0 Å². The van der Waals surface area contributed by atoms with E-state index in [1.54, 1.807) is 13.3 Å². The van der Waals surface area contributed by atoms with Gasteiger partial charge in [0.15, 0.2) is 11.6 Å². The Morgan fingerprint density at radius 2 is 1.86 bits per heavy atom. The molecule has 0 atom stereocenters. The van der Waals surface area contributed by atoms with Gasteiger partial charge in [-0.15, -0.1) is 0 Å². The molecule has 0 N–H and O–H groups in total. The molecule has 0 heterocycles. The lowest BCUT2D eigenvalue weighted by atomic mass is 10.2. The molecule has 78 valence electrons. The highest BCUT2D eigenvalue weighted by Gasteiger charge is 2.16. The maximum atomic E-state index is 13.3. The van der Waals surface area contributed by atoms with Crippen LogP contribution in [0.2, 0.25) is 0 Å². The lowest BCUT2D eigenvalue weighted by molar-refractivity contribution is 0.497. The molecule has 0 aliphatic heterocycles. The minimum absolute atomic E-state index is 0.0841. The van der Waals surface area contributed by atoms with Crippen LogP contribution in [-0.4, -0.2) is 13.3 Å². The quantitative estimate of drug-likeness (QED) is 0.595. The first-order valence-electron chi connectivity index (χ1n) is 3.97. The van der Waals surface area contributed by atoms with Crippen LogP contribution in [0.3, 0.4) is 0 Å². The van der Waals surface area contributed by atoms with Gasteiger partial charge in [0.25, 0.3) is 0 Å². The van der Waals surface area contributed by atoms with E-state index >= 15 is 0 Å². The van der Waals surface area contributed by atoms with E-state index in [9.17, 15) is 13.3 Å². The van der Waals surface area contributed by atoms with Crippen LogP contribution in [-0.2, 0) is 10.7 Å². The highest BCUT2D eigenvalue weighted by Crippen LogP contribution is 2.41. The van der Waals surface area contributed by atoms with Gasteiger partial charge in [-0.1, -0.05) is 6.07 Å². The third-order valence-corrected chi connectivity index (χ3v) is 3.38. The van der Waals surface area contributed by atoms with E-state index < -0.39 is 18.8 Å². The normalized spacial score (nSPS) is 11.8. The van der Waals surface area contributed by atoms with Gasteiger partial charge in [0.2, 0.25) is 0 Å². The van der Waals surface area contributed by atoms with E-state index in [1.807, 2.05) is 0 Å². The van der Waals surface area contributed by atoms with Crippen LogP contribution < -0.4 is 0 Å². The number of hydrogen-bond acceptors (Lipinski definition) is 1. The summed E-state index contributed by atoms with van der Waals surface area (Å²) in [5, 5.41) is 0. The predicted molar refractivity (Wildman–Crippen MR) is 57.2 cm³/mol. The molecule has 0 saturated carbocycles. The summed E-state index contributed by atoms with van der Waals surface area (Å²) in [5.74, 6) is -1.83. The van der Waals surface area contributed by atoms with Crippen LogP contribution in [0.1, 0.15) is 5.56 Å². The molecule has 0 bridgehead atoms. The van der Waals surface area contributed by atoms with Crippen molar-refractivity contribution in [3.05, 3.63) is 33.8 Å². The second-order valence-electron chi connectivity index (χ2n) is 3.57. The average molecular weight is 283 g/mol. The van der Waals surface area contributed by atoms with Gasteiger partial charge in [0.05, 0.1) is 11.6 Å². The van der Waals surface area contributed by atoms with E-state index in [1.165, 1.54) is 12.1 Å².